The monoisotopic (exact) mass is 444 g/mol. The predicted molar refractivity (Wildman–Crippen MR) is 130 cm³/mol. The molecular weight excluding hydrogens is 420 g/mol. The highest BCUT2D eigenvalue weighted by Gasteiger charge is 2.14. The lowest BCUT2D eigenvalue weighted by molar-refractivity contribution is 0.298. The fourth-order valence-corrected chi connectivity index (χ4v) is 3.89. The van der Waals surface area contributed by atoms with Gasteiger partial charge in [-0.15, -0.1) is 11.6 Å². The lowest BCUT2D eigenvalue weighted by atomic mass is 9.88. The third-order valence-electron chi connectivity index (χ3n) is 5.24. The number of benzene rings is 3. The van der Waals surface area contributed by atoms with E-state index in [1.165, 1.54) is 5.57 Å². The van der Waals surface area contributed by atoms with Gasteiger partial charge in [0.25, 0.3) is 0 Å². The number of aromatic hydroxyl groups is 1. The van der Waals surface area contributed by atoms with Crippen molar-refractivity contribution in [2.24, 2.45) is 0 Å². The first kappa shape index (κ1) is 21.7. The van der Waals surface area contributed by atoms with Gasteiger partial charge in [-0.25, -0.2) is 4.98 Å². The first-order chi connectivity index (χ1) is 15.7. The van der Waals surface area contributed by atoms with Crippen LogP contribution >= 0.6 is 11.6 Å². The molecule has 0 aliphatic heterocycles. The molecule has 1 heterocycles. The molecule has 0 aliphatic carbocycles. The summed E-state index contributed by atoms with van der Waals surface area (Å²) in [5, 5.41) is 9.80. The lowest BCUT2D eigenvalue weighted by Gasteiger charge is -2.17. The second-order valence-corrected chi connectivity index (χ2v) is 7.76. The van der Waals surface area contributed by atoms with E-state index in [9.17, 15) is 5.11 Å². The van der Waals surface area contributed by atoms with Gasteiger partial charge in [0, 0.05) is 18.3 Å². The Hall–Kier alpha value is -3.50. The van der Waals surface area contributed by atoms with Gasteiger partial charge in [-0.1, -0.05) is 54.6 Å². The molecule has 3 aromatic carbocycles. The summed E-state index contributed by atoms with van der Waals surface area (Å²) in [6.45, 7) is 1.31. The van der Waals surface area contributed by atoms with Crippen LogP contribution in [0.1, 0.15) is 23.1 Å². The van der Waals surface area contributed by atoms with Gasteiger partial charge in [-0.05, 0) is 58.5 Å². The first-order valence-corrected chi connectivity index (χ1v) is 11.1. The highest BCUT2D eigenvalue weighted by atomic mass is 35.5. The fraction of sp³-hybridized carbons (Fsp3) is 0.148. The van der Waals surface area contributed by atoms with Crippen LogP contribution in [0.2, 0.25) is 0 Å². The highest BCUT2D eigenvalue weighted by Crippen LogP contribution is 2.35. The van der Waals surface area contributed by atoms with Crippen LogP contribution in [0.25, 0.3) is 11.1 Å². The molecule has 0 amide bonds. The Morgan fingerprint density at radius 3 is 2.19 bits per heavy atom. The average Bonchev–Trinajstić information content (AvgIpc) is 3.35. The Balaban J connectivity index is 1.67. The van der Waals surface area contributed by atoms with Gasteiger partial charge in [0.2, 0.25) is 0 Å². The molecule has 32 heavy (non-hydrogen) atoms. The van der Waals surface area contributed by atoms with Crippen molar-refractivity contribution in [3.8, 4) is 11.5 Å². The van der Waals surface area contributed by atoms with E-state index in [1.54, 1.807) is 24.7 Å². The number of ether oxygens (including phenoxy) is 1. The Morgan fingerprint density at radius 1 is 0.875 bits per heavy atom. The van der Waals surface area contributed by atoms with Crippen molar-refractivity contribution in [2.75, 3.05) is 12.5 Å². The highest BCUT2D eigenvalue weighted by molar-refractivity contribution is 6.18. The summed E-state index contributed by atoms with van der Waals surface area (Å²) in [7, 11) is 0. The number of hydrogen-bond donors (Lipinski definition) is 1. The molecule has 0 saturated carbocycles. The SMILES string of the molecule is Oc1ccc(C(=C(CCCl)c2ccccc2)c2ccc(OCCn3ccnc3)cc2)cc1. The van der Waals surface area contributed by atoms with E-state index < -0.39 is 0 Å². The molecule has 0 radical (unpaired) electrons. The Morgan fingerprint density at radius 2 is 1.56 bits per heavy atom. The quantitative estimate of drug-likeness (QED) is 0.245. The summed E-state index contributed by atoms with van der Waals surface area (Å²) in [5.41, 5.74) is 5.50. The number of nitrogens with zero attached hydrogens (tertiary/aromatic N) is 2. The number of allylic oxidation sites excluding steroid dienone is 1. The second kappa shape index (κ2) is 10.7. The Bertz CT molecular complexity index is 1140. The van der Waals surface area contributed by atoms with Gasteiger partial charge in [-0.2, -0.15) is 0 Å². The van der Waals surface area contributed by atoms with Crippen LogP contribution < -0.4 is 4.74 Å². The molecule has 4 rings (SSSR count). The van der Waals surface area contributed by atoms with E-state index in [0.717, 1.165) is 41.0 Å². The third kappa shape index (κ3) is 5.40. The van der Waals surface area contributed by atoms with Crippen LogP contribution in [-0.2, 0) is 6.54 Å². The van der Waals surface area contributed by atoms with Crippen molar-refractivity contribution >= 4 is 22.7 Å². The number of rotatable bonds is 9. The van der Waals surface area contributed by atoms with Crippen molar-refractivity contribution in [3.63, 3.8) is 0 Å². The van der Waals surface area contributed by atoms with Crippen molar-refractivity contribution in [2.45, 2.75) is 13.0 Å². The van der Waals surface area contributed by atoms with E-state index in [-0.39, 0.29) is 5.75 Å². The fourth-order valence-electron chi connectivity index (χ4n) is 3.70. The summed E-state index contributed by atoms with van der Waals surface area (Å²) in [4.78, 5) is 4.05. The smallest absolute Gasteiger partial charge is 0.119 e. The summed E-state index contributed by atoms with van der Waals surface area (Å²) >= 11 is 6.21. The van der Waals surface area contributed by atoms with Gasteiger partial charge in [0.15, 0.2) is 0 Å². The van der Waals surface area contributed by atoms with Crippen molar-refractivity contribution in [3.05, 3.63) is 114 Å². The predicted octanol–water partition coefficient (Wildman–Crippen LogP) is 6.26. The van der Waals surface area contributed by atoms with Crippen LogP contribution in [0, 0.1) is 0 Å². The summed E-state index contributed by atoms with van der Waals surface area (Å²) in [6, 6.07) is 25.7. The zero-order valence-corrected chi connectivity index (χ0v) is 18.4. The standard InChI is InChI=1S/C27H25ClN2O2/c28-15-14-26(21-4-2-1-3-5-21)27(22-6-10-24(31)11-7-22)23-8-12-25(13-9-23)32-19-18-30-17-16-29-20-30/h1-13,16-17,20,31H,14-15,18-19H2. The third-order valence-corrected chi connectivity index (χ3v) is 5.43. The maximum Gasteiger partial charge on any atom is 0.119 e. The molecule has 1 N–H and O–H groups in total. The molecule has 0 aliphatic rings. The van der Waals surface area contributed by atoms with Gasteiger partial charge >= 0.3 is 0 Å². The minimum absolute atomic E-state index is 0.244. The molecule has 0 unspecified atom stereocenters. The number of halogens is 1. The van der Waals surface area contributed by atoms with Crippen molar-refractivity contribution in [1.29, 1.82) is 0 Å². The molecule has 5 heteroatoms. The van der Waals surface area contributed by atoms with Crippen LogP contribution in [0.4, 0.5) is 0 Å². The van der Waals surface area contributed by atoms with Gasteiger partial charge < -0.3 is 14.4 Å². The van der Waals surface area contributed by atoms with Gasteiger partial charge in [0.05, 0.1) is 12.9 Å². The molecular formula is C27H25ClN2O2. The number of hydrogen-bond acceptors (Lipinski definition) is 3. The summed E-state index contributed by atoms with van der Waals surface area (Å²) in [5.74, 6) is 1.58. The molecule has 4 nitrogen and oxygen atoms in total. The van der Waals surface area contributed by atoms with E-state index in [2.05, 4.69) is 29.2 Å². The van der Waals surface area contributed by atoms with E-state index >= 15 is 0 Å². The second-order valence-electron chi connectivity index (χ2n) is 7.38. The zero-order valence-electron chi connectivity index (χ0n) is 17.7. The summed E-state index contributed by atoms with van der Waals surface area (Å²) < 4.78 is 7.89. The molecule has 0 fully saturated rings. The maximum atomic E-state index is 9.80. The van der Waals surface area contributed by atoms with Crippen molar-refractivity contribution < 1.29 is 9.84 Å². The average molecular weight is 445 g/mol. The molecule has 1 aromatic heterocycles. The van der Waals surface area contributed by atoms with Crippen LogP contribution in [0.15, 0.2) is 97.6 Å². The van der Waals surface area contributed by atoms with E-state index in [1.807, 2.05) is 53.2 Å². The van der Waals surface area contributed by atoms with E-state index in [0.29, 0.717) is 12.5 Å². The van der Waals surface area contributed by atoms with Crippen molar-refractivity contribution in [1.82, 2.24) is 9.55 Å². The molecule has 162 valence electrons. The van der Waals surface area contributed by atoms with Gasteiger partial charge in [-0.3, -0.25) is 0 Å². The lowest BCUT2D eigenvalue weighted by Crippen LogP contribution is -2.06. The number of phenols is 1. The number of aromatic nitrogens is 2. The molecule has 0 spiro atoms. The Labute approximate surface area is 193 Å². The molecule has 0 atom stereocenters. The van der Waals surface area contributed by atoms with Crippen LogP contribution in [0.5, 0.6) is 11.5 Å². The zero-order chi connectivity index (χ0) is 22.2. The number of phenolic OH excluding ortho intramolecular Hbond substituents is 1. The number of imidazole rings is 1. The van der Waals surface area contributed by atoms with Crippen LogP contribution in [0.3, 0.4) is 0 Å². The normalized spacial score (nSPS) is 11.8. The van der Waals surface area contributed by atoms with E-state index in [4.69, 9.17) is 16.3 Å². The Kier molecular flexibility index (Phi) is 7.26. The largest absolute Gasteiger partial charge is 0.508 e. The molecule has 0 saturated heterocycles. The molecule has 0 bridgehead atoms. The first-order valence-electron chi connectivity index (χ1n) is 10.6. The molecule has 4 aromatic rings. The minimum Gasteiger partial charge on any atom is -0.508 e. The topological polar surface area (TPSA) is 47.3 Å². The summed E-state index contributed by atoms with van der Waals surface area (Å²) in [6.07, 6.45) is 6.19. The maximum absolute atomic E-state index is 9.80. The van der Waals surface area contributed by atoms with Crippen LogP contribution in [-0.4, -0.2) is 27.1 Å². The minimum atomic E-state index is 0.244. The van der Waals surface area contributed by atoms with Gasteiger partial charge in [0.1, 0.15) is 18.1 Å². The number of alkyl halides is 1.